The summed E-state index contributed by atoms with van der Waals surface area (Å²) in [7, 11) is 0. The summed E-state index contributed by atoms with van der Waals surface area (Å²) >= 11 is 0. The zero-order chi connectivity index (χ0) is 14.9. The molecule has 5 heteroatoms. The molecule has 0 aromatic rings. The zero-order valence-electron chi connectivity index (χ0n) is 13.1. The Morgan fingerprint density at radius 1 is 1.00 bits per heavy atom. The molecule has 2 unspecified atom stereocenters. The van der Waals surface area contributed by atoms with E-state index in [4.69, 9.17) is 15.2 Å². The summed E-state index contributed by atoms with van der Waals surface area (Å²) < 4.78 is 11.4. The van der Waals surface area contributed by atoms with Gasteiger partial charge in [0.25, 0.3) is 0 Å². The van der Waals surface area contributed by atoms with Crippen molar-refractivity contribution in [3.8, 4) is 0 Å². The second-order valence-corrected chi connectivity index (χ2v) is 6.17. The van der Waals surface area contributed by atoms with E-state index in [2.05, 4.69) is 0 Å². The molecule has 0 bridgehead atoms. The fourth-order valence-corrected chi connectivity index (χ4v) is 3.10. The average Bonchev–Trinajstić information content (AvgIpc) is 3.16. The Morgan fingerprint density at radius 3 is 2.10 bits per heavy atom. The molecule has 0 radical (unpaired) electrons. The maximum atomic E-state index is 12.5. The largest absolute Gasteiger partial charge is 0.376 e. The van der Waals surface area contributed by atoms with Crippen molar-refractivity contribution >= 4 is 5.91 Å². The Balaban J connectivity index is 1.78. The van der Waals surface area contributed by atoms with Gasteiger partial charge in [-0.15, -0.1) is 0 Å². The molecule has 2 fully saturated rings. The zero-order valence-corrected chi connectivity index (χ0v) is 13.1. The molecule has 2 aliphatic rings. The van der Waals surface area contributed by atoms with E-state index < -0.39 is 0 Å². The third-order valence-corrected chi connectivity index (χ3v) is 4.34. The third-order valence-electron chi connectivity index (χ3n) is 4.34. The Hall–Kier alpha value is -0.650. The molecule has 2 N–H and O–H groups in total. The fourth-order valence-electron chi connectivity index (χ4n) is 3.10. The number of hydrogen-bond donors (Lipinski definition) is 1. The predicted octanol–water partition coefficient (Wildman–Crippen LogP) is 1.69. The van der Waals surface area contributed by atoms with Crippen molar-refractivity contribution in [2.45, 2.75) is 63.6 Å². The van der Waals surface area contributed by atoms with Gasteiger partial charge in [0.1, 0.15) is 0 Å². The van der Waals surface area contributed by atoms with Crippen LogP contribution >= 0.6 is 0 Å². The Bertz CT molecular complexity index is 282. The number of nitrogens with two attached hydrogens (primary N) is 1. The number of hydrogen-bond acceptors (Lipinski definition) is 4. The normalized spacial score (nSPS) is 25.4. The minimum Gasteiger partial charge on any atom is -0.376 e. The fraction of sp³-hybridized carbons (Fsp3) is 0.938. The van der Waals surface area contributed by atoms with Crippen molar-refractivity contribution in [2.24, 2.45) is 5.73 Å². The van der Waals surface area contributed by atoms with Crippen molar-refractivity contribution in [3.63, 3.8) is 0 Å². The van der Waals surface area contributed by atoms with Crippen LogP contribution in [0.3, 0.4) is 0 Å². The number of unbranched alkanes of at least 4 members (excludes halogenated alkanes) is 2. The van der Waals surface area contributed by atoms with E-state index in [1.807, 2.05) is 4.90 Å². The van der Waals surface area contributed by atoms with Gasteiger partial charge in [-0.3, -0.25) is 4.79 Å². The van der Waals surface area contributed by atoms with Gasteiger partial charge in [-0.05, 0) is 45.1 Å². The second-order valence-electron chi connectivity index (χ2n) is 6.17. The van der Waals surface area contributed by atoms with Crippen molar-refractivity contribution < 1.29 is 14.3 Å². The van der Waals surface area contributed by atoms with Crippen molar-refractivity contribution in [2.75, 3.05) is 32.8 Å². The van der Waals surface area contributed by atoms with E-state index in [1.54, 1.807) is 0 Å². The van der Waals surface area contributed by atoms with Gasteiger partial charge in [0.05, 0.1) is 12.2 Å². The summed E-state index contributed by atoms with van der Waals surface area (Å²) in [4.78, 5) is 14.4. The summed E-state index contributed by atoms with van der Waals surface area (Å²) in [5, 5.41) is 0. The summed E-state index contributed by atoms with van der Waals surface area (Å²) in [6.45, 7) is 3.85. The monoisotopic (exact) mass is 298 g/mol. The highest BCUT2D eigenvalue weighted by Gasteiger charge is 2.26. The van der Waals surface area contributed by atoms with Gasteiger partial charge in [-0.25, -0.2) is 0 Å². The molecule has 0 aromatic heterocycles. The molecule has 122 valence electrons. The van der Waals surface area contributed by atoms with Crippen LogP contribution in [0.5, 0.6) is 0 Å². The quantitative estimate of drug-likeness (QED) is 0.658. The van der Waals surface area contributed by atoms with Crippen LogP contribution in [0.1, 0.15) is 51.4 Å². The van der Waals surface area contributed by atoms with Gasteiger partial charge in [-0.2, -0.15) is 0 Å². The van der Waals surface area contributed by atoms with E-state index in [1.165, 1.54) is 0 Å². The van der Waals surface area contributed by atoms with Crippen LogP contribution in [0.4, 0.5) is 0 Å². The van der Waals surface area contributed by atoms with Crippen molar-refractivity contribution in [1.29, 1.82) is 0 Å². The molecule has 2 rings (SSSR count). The Morgan fingerprint density at radius 2 is 1.62 bits per heavy atom. The highest BCUT2D eigenvalue weighted by molar-refractivity contribution is 5.76. The average molecular weight is 298 g/mol. The van der Waals surface area contributed by atoms with E-state index >= 15 is 0 Å². The van der Waals surface area contributed by atoms with Gasteiger partial charge >= 0.3 is 0 Å². The molecule has 2 atom stereocenters. The number of carbonyl (C=O) groups excluding carboxylic acids is 1. The van der Waals surface area contributed by atoms with Crippen LogP contribution in [0.25, 0.3) is 0 Å². The highest BCUT2D eigenvalue weighted by atomic mass is 16.5. The molecule has 2 heterocycles. The van der Waals surface area contributed by atoms with Gasteiger partial charge in [-0.1, -0.05) is 6.42 Å². The molecule has 0 aromatic carbocycles. The molecule has 2 aliphatic heterocycles. The van der Waals surface area contributed by atoms with Crippen LogP contribution in [-0.4, -0.2) is 55.9 Å². The van der Waals surface area contributed by atoms with Crippen LogP contribution in [0, 0.1) is 0 Å². The lowest BCUT2D eigenvalue weighted by Gasteiger charge is -2.28. The molecule has 1 amide bonds. The second kappa shape index (κ2) is 9.38. The molecule has 0 saturated carbocycles. The molecular formula is C16H30N2O3. The number of carbonyl (C=O) groups is 1. The van der Waals surface area contributed by atoms with Crippen LogP contribution < -0.4 is 5.73 Å². The standard InChI is InChI=1S/C16H30N2O3/c17-9-3-1-2-8-16(19)18(12-14-6-4-10-20-14)13-15-7-5-11-21-15/h14-15H,1-13,17H2. The first kappa shape index (κ1) is 16.7. The third kappa shape index (κ3) is 5.93. The molecular weight excluding hydrogens is 268 g/mol. The minimum atomic E-state index is 0.222. The van der Waals surface area contributed by atoms with E-state index in [0.717, 1.165) is 71.2 Å². The molecule has 2 saturated heterocycles. The van der Waals surface area contributed by atoms with E-state index in [0.29, 0.717) is 13.0 Å². The number of ether oxygens (including phenoxy) is 2. The first-order valence-corrected chi connectivity index (χ1v) is 8.50. The summed E-state index contributed by atoms with van der Waals surface area (Å²) in [5.74, 6) is 0.248. The van der Waals surface area contributed by atoms with E-state index in [-0.39, 0.29) is 18.1 Å². The Kier molecular flexibility index (Phi) is 7.47. The van der Waals surface area contributed by atoms with Crippen molar-refractivity contribution in [3.05, 3.63) is 0 Å². The summed E-state index contributed by atoms with van der Waals surface area (Å²) in [5.41, 5.74) is 5.49. The molecule has 0 spiro atoms. The van der Waals surface area contributed by atoms with Crippen molar-refractivity contribution in [1.82, 2.24) is 4.90 Å². The van der Waals surface area contributed by atoms with E-state index in [9.17, 15) is 4.79 Å². The first-order chi connectivity index (χ1) is 10.3. The maximum Gasteiger partial charge on any atom is 0.222 e. The van der Waals surface area contributed by atoms with Gasteiger partial charge in [0.2, 0.25) is 5.91 Å². The molecule has 5 nitrogen and oxygen atoms in total. The minimum absolute atomic E-state index is 0.222. The lowest BCUT2D eigenvalue weighted by Crippen LogP contribution is -2.41. The Labute approximate surface area is 128 Å². The summed E-state index contributed by atoms with van der Waals surface area (Å²) in [6, 6.07) is 0. The summed E-state index contributed by atoms with van der Waals surface area (Å²) in [6.07, 6.45) is 8.42. The molecule has 21 heavy (non-hydrogen) atoms. The van der Waals surface area contributed by atoms with Crippen LogP contribution in [0.2, 0.25) is 0 Å². The van der Waals surface area contributed by atoms with Gasteiger partial charge in [0, 0.05) is 32.7 Å². The highest BCUT2D eigenvalue weighted by Crippen LogP contribution is 2.18. The number of nitrogens with zero attached hydrogens (tertiary/aromatic N) is 1. The smallest absolute Gasteiger partial charge is 0.222 e. The number of rotatable bonds is 9. The van der Waals surface area contributed by atoms with Gasteiger partial charge < -0.3 is 20.1 Å². The van der Waals surface area contributed by atoms with Crippen LogP contribution in [-0.2, 0) is 14.3 Å². The topological polar surface area (TPSA) is 64.8 Å². The molecule has 0 aliphatic carbocycles. The predicted molar refractivity (Wildman–Crippen MR) is 82.1 cm³/mol. The maximum absolute atomic E-state index is 12.5. The lowest BCUT2D eigenvalue weighted by atomic mass is 10.1. The SMILES string of the molecule is NCCCCCC(=O)N(CC1CCCO1)CC1CCCO1. The first-order valence-electron chi connectivity index (χ1n) is 8.50. The lowest BCUT2D eigenvalue weighted by molar-refractivity contribution is -0.134. The van der Waals surface area contributed by atoms with Gasteiger partial charge in [0.15, 0.2) is 0 Å². The number of amides is 1. The van der Waals surface area contributed by atoms with Crippen LogP contribution in [0.15, 0.2) is 0 Å².